The second-order valence-electron chi connectivity index (χ2n) is 9.35. The highest BCUT2D eigenvalue weighted by atomic mass is 16.7. The minimum Gasteiger partial charge on any atom is -0.347 e. The number of methoxy groups -OCH3 is 2. The summed E-state index contributed by atoms with van der Waals surface area (Å²) < 4.78 is 13.6. The van der Waals surface area contributed by atoms with Gasteiger partial charge < -0.3 is 9.47 Å². The van der Waals surface area contributed by atoms with Gasteiger partial charge in [-0.25, -0.2) is 9.67 Å². The summed E-state index contributed by atoms with van der Waals surface area (Å²) in [4.78, 5) is 4.90. The Morgan fingerprint density at radius 3 is 2.33 bits per heavy atom. The molecule has 2 aromatic carbocycles. The van der Waals surface area contributed by atoms with Crippen molar-refractivity contribution in [1.82, 2.24) is 35.4 Å². The van der Waals surface area contributed by atoms with Gasteiger partial charge in [0.25, 0.3) is 0 Å². The predicted molar refractivity (Wildman–Crippen MR) is 138 cm³/mol. The molecule has 0 atom stereocenters. The van der Waals surface area contributed by atoms with E-state index in [2.05, 4.69) is 71.7 Å². The van der Waals surface area contributed by atoms with Crippen LogP contribution < -0.4 is 0 Å². The molecule has 4 aromatic rings. The molecule has 0 fully saturated rings. The predicted octanol–water partition coefficient (Wildman–Crippen LogP) is 5.01. The average Bonchev–Trinajstić information content (AvgIpc) is 3.56. The minimum atomic E-state index is -0.935. The number of benzene rings is 2. The monoisotopic (exact) mass is 489 g/mol. The van der Waals surface area contributed by atoms with Crippen LogP contribution in [0.1, 0.15) is 57.2 Å². The fraction of sp³-hybridized carbons (Fsp3) is 0.444. The van der Waals surface area contributed by atoms with Crippen LogP contribution in [0, 0.1) is 5.92 Å². The zero-order valence-electron chi connectivity index (χ0n) is 21.7. The van der Waals surface area contributed by atoms with Crippen molar-refractivity contribution in [2.75, 3.05) is 14.2 Å². The quantitative estimate of drug-likeness (QED) is 0.279. The van der Waals surface area contributed by atoms with Crippen LogP contribution in [0.4, 0.5) is 0 Å². The van der Waals surface area contributed by atoms with Gasteiger partial charge in [-0.3, -0.25) is 0 Å². The molecule has 2 heterocycles. The Balaban J connectivity index is 1.62. The van der Waals surface area contributed by atoms with E-state index < -0.39 is 5.79 Å². The van der Waals surface area contributed by atoms with E-state index in [1.165, 1.54) is 0 Å². The molecule has 9 heteroatoms. The van der Waals surface area contributed by atoms with Gasteiger partial charge in [0, 0.05) is 32.6 Å². The fourth-order valence-corrected chi connectivity index (χ4v) is 4.34. The molecule has 0 radical (unpaired) electrons. The third kappa shape index (κ3) is 5.52. The van der Waals surface area contributed by atoms with Crippen molar-refractivity contribution < 1.29 is 9.47 Å². The van der Waals surface area contributed by atoms with E-state index in [1.807, 2.05) is 22.9 Å². The van der Waals surface area contributed by atoms with Crippen LogP contribution in [-0.2, 0) is 28.2 Å². The fourth-order valence-electron chi connectivity index (χ4n) is 4.34. The molecule has 0 unspecified atom stereocenters. The molecule has 0 spiro atoms. The first-order valence-electron chi connectivity index (χ1n) is 12.5. The van der Waals surface area contributed by atoms with Crippen LogP contribution in [0.5, 0.6) is 0 Å². The van der Waals surface area contributed by atoms with Gasteiger partial charge in [-0.15, -0.1) is 15.3 Å². The Morgan fingerprint density at radius 1 is 1.00 bits per heavy atom. The van der Waals surface area contributed by atoms with Crippen LogP contribution in [-0.4, -0.2) is 49.6 Å². The normalized spacial score (nSPS) is 11.9. The van der Waals surface area contributed by atoms with Gasteiger partial charge in [0.1, 0.15) is 5.82 Å². The highest BCUT2D eigenvalue weighted by Crippen LogP contribution is 2.31. The van der Waals surface area contributed by atoms with Crippen LogP contribution in [0.2, 0.25) is 0 Å². The van der Waals surface area contributed by atoms with Crippen molar-refractivity contribution >= 4 is 0 Å². The van der Waals surface area contributed by atoms with E-state index in [-0.39, 0.29) is 0 Å². The lowest BCUT2D eigenvalue weighted by Crippen LogP contribution is -2.32. The summed E-state index contributed by atoms with van der Waals surface area (Å²) in [6.07, 6.45) is 3.52. The molecule has 36 heavy (non-hydrogen) atoms. The third-order valence-electron chi connectivity index (χ3n) is 6.31. The Morgan fingerprint density at radius 2 is 1.72 bits per heavy atom. The SMILES string of the molecule is CCCCC(OC)(OC)c1nc(CC(C)C)n(Cc2ccc(-c3ccccc3-c3nn[nH]n3)cc2)n1. The maximum Gasteiger partial charge on any atom is 0.231 e. The molecule has 190 valence electrons. The zero-order valence-corrected chi connectivity index (χ0v) is 21.7. The van der Waals surface area contributed by atoms with Crippen molar-refractivity contribution in [3.05, 3.63) is 65.7 Å². The summed E-state index contributed by atoms with van der Waals surface area (Å²) in [5.74, 6) is 1.60. The van der Waals surface area contributed by atoms with Gasteiger partial charge >= 0.3 is 0 Å². The number of ether oxygens (including phenoxy) is 2. The van der Waals surface area contributed by atoms with Crippen LogP contribution in [0.3, 0.4) is 0 Å². The minimum absolute atomic E-state index is 0.444. The number of aromatic nitrogens is 7. The number of nitrogens with one attached hydrogen (secondary N) is 1. The number of hydrogen-bond acceptors (Lipinski definition) is 7. The number of nitrogens with zero attached hydrogens (tertiary/aromatic N) is 6. The van der Waals surface area contributed by atoms with Crippen molar-refractivity contribution in [3.63, 3.8) is 0 Å². The molecule has 0 aliphatic carbocycles. The van der Waals surface area contributed by atoms with Gasteiger partial charge in [0.05, 0.1) is 6.54 Å². The molecule has 0 aliphatic rings. The van der Waals surface area contributed by atoms with E-state index in [0.717, 1.165) is 47.3 Å². The van der Waals surface area contributed by atoms with Gasteiger partial charge in [-0.2, -0.15) is 5.21 Å². The van der Waals surface area contributed by atoms with E-state index in [4.69, 9.17) is 19.6 Å². The van der Waals surface area contributed by atoms with Crippen molar-refractivity contribution in [1.29, 1.82) is 0 Å². The molecule has 4 rings (SSSR count). The van der Waals surface area contributed by atoms with E-state index in [0.29, 0.717) is 30.5 Å². The summed E-state index contributed by atoms with van der Waals surface area (Å²) in [7, 11) is 3.32. The Bertz CT molecular complexity index is 1230. The summed E-state index contributed by atoms with van der Waals surface area (Å²) in [5, 5.41) is 19.4. The standard InChI is InChI=1S/C27H35N7O2/c1-6-7-16-27(35-4,36-5)26-28-24(17-19(2)3)34(31-26)18-20-12-14-21(15-13-20)22-10-8-9-11-23(22)25-29-32-33-30-25/h8-15,19H,6-7,16-18H2,1-5H3,(H,29,30,32,33). The maximum absolute atomic E-state index is 5.83. The summed E-state index contributed by atoms with van der Waals surface area (Å²) >= 11 is 0. The number of hydrogen-bond donors (Lipinski definition) is 1. The smallest absolute Gasteiger partial charge is 0.231 e. The number of aromatic amines is 1. The van der Waals surface area contributed by atoms with Gasteiger partial charge in [-0.05, 0) is 34.2 Å². The first kappa shape index (κ1) is 25.7. The number of rotatable bonds is 12. The van der Waals surface area contributed by atoms with Crippen LogP contribution in [0.15, 0.2) is 48.5 Å². The summed E-state index contributed by atoms with van der Waals surface area (Å²) in [5.41, 5.74) is 4.20. The van der Waals surface area contributed by atoms with E-state index in [9.17, 15) is 0 Å². The molecule has 0 bridgehead atoms. The largest absolute Gasteiger partial charge is 0.347 e. The number of unbranched alkanes of at least 4 members (excludes halogenated alkanes) is 1. The van der Waals surface area contributed by atoms with Crippen LogP contribution in [0.25, 0.3) is 22.5 Å². The van der Waals surface area contributed by atoms with Crippen molar-refractivity contribution in [3.8, 4) is 22.5 Å². The lowest BCUT2D eigenvalue weighted by atomic mass is 9.98. The van der Waals surface area contributed by atoms with Gasteiger partial charge in [0.2, 0.25) is 17.4 Å². The third-order valence-corrected chi connectivity index (χ3v) is 6.31. The molecular weight excluding hydrogens is 454 g/mol. The number of H-pyrrole nitrogens is 1. The van der Waals surface area contributed by atoms with Crippen molar-refractivity contribution in [2.45, 2.75) is 58.8 Å². The lowest BCUT2D eigenvalue weighted by Gasteiger charge is -2.27. The maximum atomic E-state index is 5.83. The van der Waals surface area contributed by atoms with Crippen molar-refractivity contribution in [2.24, 2.45) is 5.92 Å². The highest BCUT2D eigenvalue weighted by molar-refractivity contribution is 5.80. The zero-order chi connectivity index (χ0) is 25.5. The van der Waals surface area contributed by atoms with Crippen LogP contribution >= 0.6 is 0 Å². The lowest BCUT2D eigenvalue weighted by molar-refractivity contribution is -0.226. The molecular formula is C27H35N7O2. The molecule has 9 nitrogen and oxygen atoms in total. The summed E-state index contributed by atoms with van der Waals surface area (Å²) in [6, 6.07) is 16.5. The van der Waals surface area contributed by atoms with E-state index in [1.54, 1.807) is 14.2 Å². The second kappa shape index (κ2) is 11.5. The molecule has 0 amide bonds. The van der Waals surface area contributed by atoms with Gasteiger partial charge in [-0.1, -0.05) is 75.7 Å². The van der Waals surface area contributed by atoms with E-state index >= 15 is 0 Å². The highest BCUT2D eigenvalue weighted by Gasteiger charge is 2.37. The summed E-state index contributed by atoms with van der Waals surface area (Å²) in [6.45, 7) is 7.13. The first-order chi connectivity index (χ1) is 17.5. The second-order valence-corrected chi connectivity index (χ2v) is 9.35. The molecule has 0 saturated carbocycles. The first-order valence-corrected chi connectivity index (χ1v) is 12.5. The Labute approximate surface area is 212 Å². The molecule has 0 saturated heterocycles. The Kier molecular flexibility index (Phi) is 8.22. The molecule has 1 N–H and O–H groups in total. The Hall–Kier alpha value is -3.43. The average molecular weight is 490 g/mol. The molecule has 2 aromatic heterocycles. The molecule has 0 aliphatic heterocycles. The topological polar surface area (TPSA) is 104 Å². The number of tetrazole rings is 1. The van der Waals surface area contributed by atoms with Gasteiger partial charge in [0.15, 0.2) is 0 Å².